The van der Waals surface area contributed by atoms with Crippen molar-refractivity contribution in [3.63, 3.8) is 0 Å². The predicted octanol–water partition coefficient (Wildman–Crippen LogP) is 1.21. The maximum absolute atomic E-state index is 12.8. The van der Waals surface area contributed by atoms with E-state index in [1.807, 2.05) is 0 Å². The number of rotatable bonds is 5. The van der Waals surface area contributed by atoms with Crippen molar-refractivity contribution >= 4 is 15.9 Å². The monoisotopic (exact) mass is 354 g/mol. The van der Waals surface area contributed by atoms with Crippen LogP contribution >= 0.6 is 0 Å². The molecule has 2 aliphatic rings. The molecule has 0 radical (unpaired) electrons. The second-order valence-corrected chi connectivity index (χ2v) is 8.10. The van der Waals surface area contributed by atoms with E-state index in [2.05, 4.69) is 11.6 Å². The highest BCUT2D eigenvalue weighted by Gasteiger charge is 2.36. The number of nitrogens with one attached hydrogen (secondary N) is 1. The highest BCUT2D eigenvalue weighted by Crippen LogP contribution is 2.33. The van der Waals surface area contributed by atoms with Crippen LogP contribution in [0.25, 0.3) is 0 Å². The maximum atomic E-state index is 12.8. The molecule has 0 spiro atoms. The number of carbonyl (C=O) groups excluding carboxylic acids is 1. The van der Waals surface area contributed by atoms with Crippen LogP contribution in [0.15, 0.2) is 18.2 Å². The fourth-order valence-corrected chi connectivity index (χ4v) is 4.14. The van der Waals surface area contributed by atoms with Crippen molar-refractivity contribution in [2.75, 3.05) is 26.1 Å². The Morgan fingerprint density at radius 3 is 2.75 bits per heavy atom. The summed E-state index contributed by atoms with van der Waals surface area (Å²) in [4.78, 5) is 14.5. The van der Waals surface area contributed by atoms with Crippen molar-refractivity contribution in [3.05, 3.63) is 23.8 Å². The molecule has 1 aromatic carbocycles. The number of hydrogen-bond donors (Lipinski definition) is 1. The van der Waals surface area contributed by atoms with Crippen LogP contribution in [0, 0.1) is 5.92 Å². The Bertz CT molecular complexity index is 734. The number of sulfonamides is 1. The van der Waals surface area contributed by atoms with Gasteiger partial charge in [0.15, 0.2) is 11.5 Å². The van der Waals surface area contributed by atoms with E-state index in [-0.39, 0.29) is 24.7 Å². The lowest BCUT2D eigenvalue weighted by Crippen LogP contribution is -2.40. The van der Waals surface area contributed by atoms with Crippen LogP contribution in [-0.4, -0.2) is 51.4 Å². The summed E-state index contributed by atoms with van der Waals surface area (Å²) < 4.78 is 36.4. The van der Waals surface area contributed by atoms with Gasteiger partial charge in [0.25, 0.3) is 5.91 Å². The first kappa shape index (κ1) is 17.0. The standard InChI is InChI=1S/C16H22N2O5S/c1-3-4-12-8-18(9-13(12)17-24(2,20)21)16(19)11-5-6-14-15(7-11)23-10-22-14/h5-7,12-13,17H,3-4,8-10H2,1-2H3. The maximum Gasteiger partial charge on any atom is 0.254 e. The SMILES string of the molecule is CCCC1CN(C(=O)c2ccc3c(c2)OCO3)CC1NS(C)(=O)=O. The van der Waals surface area contributed by atoms with Gasteiger partial charge < -0.3 is 14.4 Å². The zero-order valence-corrected chi connectivity index (χ0v) is 14.6. The third kappa shape index (κ3) is 3.64. The van der Waals surface area contributed by atoms with Crippen molar-refractivity contribution < 1.29 is 22.7 Å². The second-order valence-electron chi connectivity index (χ2n) is 6.32. The summed E-state index contributed by atoms with van der Waals surface area (Å²) in [6.07, 6.45) is 2.97. The summed E-state index contributed by atoms with van der Waals surface area (Å²) >= 11 is 0. The van der Waals surface area contributed by atoms with Gasteiger partial charge in [-0.2, -0.15) is 0 Å². The van der Waals surface area contributed by atoms with E-state index >= 15 is 0 Å². The normalized spacial score (nSPS) is 22.8. The van der Waals surface area contributed by atoms with Crippen LogP contribution in [0.1, 0.15) is 30.1 Å². The van der Waals surface area contributed by atoms with E-state index in [0.717, 1.165) is 19.1 Å². The summed E-state index contributed by atoms with van der Waals surface area (Å²) in [6, 6.07) is 4.87. The zero-order valence-electron chi connectivity index (χ0n) is 13.8. The molecule has 24 heavy (non-hydrogen) atoms. The molecule has 8 heteroatoms. The number of ether oxygens (including phenoxy) is 2. The number of fused-ring (bicyclic) bond motifs is 1. The first-order valence-electron chi connectivity index (χ1n) is 8.03. The Balaban J connectivity index is 1.75. The molecule has 0 aromatic heterocycles. The quantitative estimate of drug-likeness (QED) is 0.859. The Morgan fingerprint density at radius 2 is 2.04 bits per heavy atom. The van der Waals surface area contributed by atoms with E-state index in [4.69, 9.17) is 9.47 Å². The number of hydrogen-bond acceptors (Lipinski definition) is 5. The van der Waals surface area contributed by atoms with E-state index in [0.29, 0.717) is 30.2 Å². The number of nitrogens with zero attached hydrogens (tertiary/aromatic N) is 1. The molecule has 1 aromatic rings. The van der Waals surface area contributed by atoms with Crippen LogP contribution in [0.3, 0.4) is 0 Å². The van der Waals surface area contributed by atoms with Gasteiger partial charge in [-0.3, -0.25) is 4.79 Å². The minimum absolute atomic E-state index is 0.118. The third-order valence-corrected chi connectivity index (χ3v) is 5.10. The lowest BCUT2D eigenvalue weighted by molar-refractivity contribution is 0.0784. The van der Waals surface area contributed by atoms with Crippen LogP contribution in [0.2, 0.25) is 0 Å². The Labute approximate surface area is 142 Å². The average Bonchev–Trinajstić information content (AvgIpc) is 3.12. The number of benzene rings is 1. The molecule has 0 aliphatic carbocycles. The molecule has 2 heterocycles. The molecule has 3 rings (SSSR count). The van der Waals surface area contributed by atoms with Gasteiger partial charge in [0.1, 0.15) is 0 Å². The van der Waals surface area contributed by atoms with Gasteiger partial charge in [0.2, 0.25) is 16.8 Å². The Hall–Kier alpha value is -1.80. The van der Waals surface area contributed by atoms with Crippen molar-refractivity contribution in [1.29, 1.82) is 0 Å². The van der Waals surface area contributed by atoms with E-state index in [1.54, 1.807) is 23.1 Å². The lowest BCUT2D eigenvalue weighted by atomic mass is 9.99. The number of amides is 1. The van der Waals surface area contributed by atoms with Gasteiger partial charge in [-0.15, -0.1) is 0 Å². The van der Waals surface area contributed by atoms with E-state index in [1.165, 1.54) is 0 Å². The minimum atomic E-state index is -3.31. The summed E-state index contributed by atoms with van der Waals surface area (Å²) in [7, 11) is -3.31. The molecule has 2 aliphatic heterocycles. The van der Waals surface area contributed by atoms with Crippen LogP contribution < -0.4 is 14.2 Å². The molecule has 2 atom stereocenters. The van der Waals surface area contributed by atoms with Crippen molar-refractivity contribution in [2.45, 2.75) is 25.8 Å². The molecule has 0 saturated carbocycles. The second kappa shape index (κ2) is 6.60. The largest absolute Gasteiger partial charge is 0.454 e. The van der Waals surface area contributed by atoms with Crippen LogP contribution in [0.4, 0.5) is 0 Å². The molecular weight excluding hydrogens is 332 g/mol. The van der Waals surface area contributed by atoms with Gasteiger partial charge in [-0.1, -0.05) is 13.3 Å². The first-order chi connectivity index (χ1) is 11.4. The summed E-state index contributed by atoms with van der Waals surface area (Å²) in [6.45, 7) is 3.15. The van der Waals surface area contributed by atoms with Gasteiger partial charge in [-0.05, 0) is 30.5 Å². The molecule has 2 unspecified atom stereocenters. The fourth-order valence-electron chi connectivity index (χ4n) is 3.32. The van der Waals surface area contributed by atoms with Crippen molar-refractivity contribution in [2.24, 2.45) is 5.92 Å². The third-order valence-electron chi connectivity index (χ3n) is 4.37. The zero-order chi connectivity index (χ0) is 17.3. The molecule has 1 N–H and O–H groups in total. The van der Waals surface area contributed by atoms with Crippen molar-refractivity contribution in [3.8, 4) is 11.5 Å². The van der Waals surface area contributed by atoms with Gasteiger partial charge in [0, 0.05) is 24.7 Å². The first-order valence-corrected chi connectivity index (χ1v) is 9.92. The average molecular weight is 354 g/mol. The molecule has 1 saturated heterocycles. The molecule has 7 nitrogen and oxygen atoms in total. The van der Waals surface area contributed by atoms with Gasteiger partial charge in [-0.25, -0.2) is 13.1 Å². The lowest BCUT2D eigenvalue weighted by Gasteiger charge is -2.17. The smallest absolute Gasteiger partial charge is 0.254 e. The Morgan fingerprint density at radius 1 is 1.29 bits per heavy atom. The summed E-state index contributed by atoms with van der Waals surface area (Å²) in [5.74, 6) is 1.21. The topological polar surface area (TPSA) is 84.9 Å². The van der Waals surface area contributed by atoms with Gasteiger partial charge >= 0.3 is 0 Å². The predicted molar refractivity (Wildman–Crippen MR) is 88.6 cm³/mol. The van der Waals surface area contributed by atoms with Crippen LogP contribution in [0.5, 0.6) is 11.5 Å². The highest BCUT2D eigenvalue weighted by molar-refractivity contribution is 7.88. The van der Waals surface area contributed by atoms with E-state index < -0.39 is 10.0 Å². The van der Waals surface area contributed by atoms with Gasteiger partial charge in [0.05, 0.1) is 6.26 Å². The number of carbonyl (C=O) groups is 1. The van der Waals surface area contributed by atoms with Crippen molar-refractivity contribution in [1.82, 2.24) is 9.62 Å². The molecule has 1 fully saturated rings. The Kier molecular flexibility index (Phi) is 4.69. The summed E-state index contributed by atoms with van der Waals surface area (Å²) in [5, 5.41) is 0. The van der Waals surface area contributed by atoms with E-state index in [9.17, 15) is 13.2 Å². The molecule has 132 valence electrons. The molecule has 0 bridgehead atoms. The highest BCUT2D eigenvalue weighted by atomic mass is 32.2. The summed E-state index contributed by atoms with van der Waals surface area (Å²) in [5.41, 5.74) is 0.523. The number of likely N-dealkylation sites (tertiary alicyclic amines) is 1. The molecule has 1 amide bonds. The minimum Gasteiger partial charge on any atom is -0.454 e. The molecular formula is C16H22N2O5S. The fraction of sp³-hybridized carbons (Fsp3) is 0.562. The van der Waals surface area contributed by atoms with Crippen LogP contribution in [-0.2, 0) is 10.0 Å².